The van der Waals surface area contributed by atoms with E-state index in [9.17, 15) is 4.79 Å². The van der Waals surface area contributed by atoms with E-state index in [1.165, 1.54) is 4.88 Å². The predicted octanol–water partition coefficient (Wildman–Crippen LogP) is 1.23. The third kappa shape index (κ3) is 3.41. The fourth-order valence-electron chi connectivity index (χ4n) is 1.79. The first kappa shape index (κ1) is 15.4. The lowest BCUT2D eigenvalue weighted by atomic mass is 10.2. The van der Waals surface area contributed by atoms with Crippen molar-refractivity contribution in [3.63, 3.8) is 0 Å². The number of carbonyl (C=O) groups is 1. The fraction of sp³-hybridized carbons (Fsp3) is 0.636. The highest BCUT2D eigenvalue weighted by molar-refractivity contribution is 7.15. The van der Waals surface area contributed by atoms with E-state index < -0.39 is 6.04 Å². The smallest absolute Gasteiger partial charge is 0.242 e. The minimum Gasteiger partial charge on any atom is -0.320 e. The van der Waals surface area contributed by atoms with E-state index in [0.717, 1.165) is 31.7 Å². The Hall–Kier alpha value is -0.690. The summed E-state index contributed by atoms with van der Waals surface area (Å²) < 4.78 is 0. The molecule has 1 atom stereocenters. The average molecular weight is 291 g/mol. The highest BCUT2D eigenvalue weighted by atomic mass is 35.5. The zero-order chi connectivity index (χ0) is 12.4. The van der Waals surface area contributed by atoms with Crippen LogP contribution < -0.4 is 11.1 Å². The third-order valence-corrected chi connectivity index (χ3v) is 3.90. The van der Waals surface area contributed by atoms with Gasteiger partial charge >= 0.3 is 0 Å². The first-order valence-corrected chi connectivity index (χ1v) is 6.69. The molecule has 0 aliphatic carbocycles. The van der Waals surface area contributed by atoms with Crippen molar-refractivity contribution in [3.8, 4) is 0 Å². The molecule has 0 saturated heterocycles. The second-order valence-electron chi connectivity index (χ2n) is 4.29. The van der Waals surface area contributed by atoms with Crippen LogP contribution in [0.1, 0.15) is 24.4 Å². The van der Waals surface area contributed by atoms with Gasteiger partial charge in [-0.2, -0.15) is 0 Å². The summed E-state index contributed by atoms with van der Waals surface area (Å²) in [6, 6.07) is -0.497. The normalized spacial score (nSPS) is 16.6. The van der Waals surface area contributed by atoms with Crippen molar-refractivity contribution < 1.29 is 4.79 Å². The van der Waals surface area contributed by atoms with Crippen LogP contribution in [0.2, 0.25) is 0 Å². The SMILES string of the molecule is CCN1CCc2nc(NC(=O)C(C)N)sc2C1.Cl. The molecule has 1 aliphatic rings. The molecule has 7 heteroatoms. The number of likely N-dealkylation sites (N-methyl/N-ethyl adjacent to an activating group) is 1. The van der Waals surface area contributed by atoms with Gasteiger partial charge in [0.05, 0.1) is 11.7 Å². The zero-order valence-electron chi connectivity index (χ0n) is 10.6. The van der Waals surface area contributed by atoms with Gasteiger partial charge in [-0.15, -0.1) is 23.7 Å². The standard InChI is InChI=1S/C11H18N4OS.ClH/c1-3-15-5-4-8-9(6-15)17-11(13-8)14-10(16)7(2)12;/h7H,3-6,12H2,1-2H3,(H,13,14,16);1H. The zero-order valence-corrected chi connectivity index (χ0v) is 12.2. The molecule has 2 rings (SSSR count). The van der Waals surface area contributed by atoms with E-state index in [2.05, 4.69) is 22.1 Å². The number of nitrogens with zero attached hydrogens (tertiary/aromatic N) is 2. The summed E-state index contributed by atoms with van der Waals surface area (Å²) in [6.07, 6.45) is 0.966. The van der Waals surface area contributed by atoms with Gasteiger partial charge in [0.25, 0.3) is 0 Å². The van der Waals surface area contributed by atoms with E-state index >= 15 is 0 Å². The molecule has 0 spiro atoms. The molecule has 0 bridgehead atoms. The van der Waals surface area contributed by atoms with Gasteiger partial charge < -0.3 is 11.1 Å². The van der Waals surface area contributed by atoms with Gasteiger partial charge in [-0.1, -0.05) is 6.92 Å². The first-order valence-electron chi connectivity index (χ1n) is 5.87. The Bertz CT molecular complexity index is 421. The molecule has 3 N–H and O–H groups in total. The average Bonchev–Trinajstić information content (AvgIpc) is 2.69. The van der Waals surface area contributed by atoms with Gasteiger partial charge in [0.15, 0.2) is 5.13 Å². The van der Waals surface area contributed by atoms with Gasteiger partial charge in [0, 0.05) is 24.4 Å². The number of hydrogen-bond acceptors (Lipinski definition) is 5. The fourth-order valence-corrected chi connectivity index (χ4v) is 2.84. The summed E-state index contributed by atoms with van der Waals surface area (Å²) >= 11 is 1.56. The van der Waals surface area contributed by atoms with Gasteiger partial charge in [-0.05, 0) is 13.5 Å². The second kappa shape index (κ2) is 6.47. The minimum absolute atomic E-state index is 0. The van der Waals surface area contributed by atoms with Crippen molar-refractivity contribution in [3.05, 3.63) is 10.6 Å². The van der Waals surface area contributed by atoms with E-state index in [1.54, 1.807) is 18.3 Å². The molecule has 2 heterocycles. The van der Waals surface area contributed by atoms with Gasteiger partial charge in [0.2, 0.25) is 5.91 Å². The Morgan fingerprint density at radius 2 is 2.39 bits per heavy atom. The van der Waals surface area contributed by atoms with Crippen LogP contribution in [0.3, 0.4) is 0 Å². The van der Waals surface area contributed by atoms with Crippen molar-refractivity contribution >= 4 is 34.8 Å². The molecule has 0 radical (unpaired) electrons. The van der Waals surface area contributed by atoms with Crippen LogP contribution >= 0.6 is 23.7 Å². The minimum atomic E-state index is -0.497. The number of nitrogens with two attached hydrogens (primary N) is 1. The van der Waals surface area contributed by atoms with E-state index in [1.807, 2.05) is 0 Å². The number of thiazole rings is 1. The highest BCUT2D eigenvalue weighted by Crippen LogP contribution is 2.28. The number of halogens is 1. The number of carbonyl (C=O) groups excluding carboxylic acids is 1. The Kier molecular flexibility index (Phi) is 5.52. The first-order chi connectivity index (χ1) is 8.10. The number of aromatic nitrogens is 1. The Morgan fingerprint density at radius 3 is 3.00 bits per heavy atom. The summed E-state index contributed by atoms with van der Waals surface area (Å²) in [5.74, 6) is -0.177. The van der Waals surface area contributed by atoms with Crippen molar-refractivity contribution in [1.82, 2.24) is 9.88 Å². The van der Waals surface area contributed by atoms with E-state index in [0.29, 0.717) is 5.13 Å². The summed E-state index contributed by atoms with van der Waals surface area (Å²) in [5.41, 5.74) is 6.63. The Labute approximate surface area is 117 Å². The van der Waals surface area contributed by atoms with Gasteiger partial charge in [0.1, 0.15) is 0 Å². The van der Waals surface area contributed by atoms with E-state index in [-0.39, 0.29) is 18.3 Å². The summed E-state index contributed by atoms with van der Waals surface area (Å²) in [4.78, 5) is 19.5. The molecule has 1 aliphatic heterocycles. The molecule has 0 saturated carbocycles. The number of fused-ring (bicyclic) bond motifs is 1. The van der Waals surface area contributed by atoms with Crippen LogP contribution in [-0.2, 0) is 17.8 Å². The molecule has 1 aromatic heterocycles. The Balaban J connectivity index is 0.00000162. The number of hydrogen-bond donors (Lipinski definition) is 2. The van der Waals surface area contributed by atoms with Gasteiger partial charge in [-0.3, -0.25) is 9.69 Å². The topological polar surface area (TPSA) is 71.2 Å². The largest absolute Gasteiger partial charge is 0.320 e. The molecule has 1 amide bonds. The molecule has 18 heavy (non-hydrogen) atoms. The molecule has 0 aromatic carbocycles. The van der Waals surface area contributed by atoms with Gasteiger partial charge in [-0.25, -0.2) is 4.98 Å². The molecular formula is C11H19ClN4OS. The highest BCUT2D eigenvalue weighted by Gasteiger charge is 2.20. The van der Waals surface area contributed by atoms with Crippen molar-refractivity contribution in [2.75, 3.05) is 18.4 Å². The molecular weight excluding hydrogens is 272 g/mol. The van der Waals surface area contributed by atoms with Crippen LogP contribution in [-0.4, -0.2) is 34.9 Å². The third-order valence-electron chi connectivity index (χ3n) is 2.90. The maximum atomic E-state index is 11.5. The van der Waals surface area contributed by atoms with Crippen LogP contribution in [0.5, 0.6) is 0 Å². The quantitative estimate of drug-likeness (QED) is 0.878. The summed E-state index contributed by atoms with van der Waals surface area (Å²) in [6.45, 7) is 6.87. The summed E-state index contributed by atoms with van der Waals surface area (Å²) in [7, 11) is 0. The monoisotopic (exact) mass is 290 g/mol. The van der Waals surface area contributed by atoms with Crippen LogP contribution in [0, 0.1) is 0 Å². The lowest BCUT2D eigenvalue weighted by Crippen LogP contribution is -2.32. The number of nitrogens with one attached hydrogen (secondary N) is 1. The molecule has 1 aromatic rings. The van der Waals surface area contributed by atoms with Crippen LogP contribution in [0.15, 0.2) is 0 Å². The molecule has 1 unspecified atom stereocenters. The lowest BCUT2D eigenvalue weighted by molar-refractivity contribution is -0.117. The lowest BCUT2D eigenvalue weighted by Gasteiger charge is -2.23. The molecule has 102 valence electrons. The molecule has 0 fully saturated rings. The van der Waals surface area contributed by atoms with E-state index in [4.69, 9.17) is 5.73 Å². The number of rotatable bonds is 3. The number of anilines is 1. The van der Waals surface area contributed by atoms with Crippen molar-refractivity contribution in [2.45, 2.75) is 32.9 Å². The Morgan fingerprint density at radius 1 is 1.67 bits per heavy atom. The van der Waals surface area contributed by atoms with Crippen LogP contribution in [0.4, 0.5) is 5.13 Å². The van der Waals surface area contributed by atoms with Crippen LogP contribution in [0.25, 0.3) is 0 Å². The molecule has 5 nitrogen and oxygen atoms in total. The van der Waals surface area contributed by atoms with Crippen molar-refractivity contribution in [1.29, 1.82) is 0 Å². The maximum Gasteiger partial charge on any atom is 0.242 e. The predicted molar refractivity (Wildman–Crippen MR) is 76.3 cm³/mol. The maximum absolute atomic E-state index is 11.5. The second-order valence-corrected chi connectivity index (χ2v) is 5.37. The summed E-state index contributed by atoms with van der Waals surface area (Å²) in [5, 5.41) is 3.43. The number of amides is 1. The van der Waals surface area contributed by atoms with Crippen molar-refractivity contribution in [2.24, 2.45) is 5.73 Å².